The summed E-state index contributed by atoms with van der Waals surface area (Å²) in [7, 11) is 1.57. The van der Waals surface area contributed by atoms with Gasteiger partial charge in [0.2, 0.25) is 0 Å². The highest BCUT2D eigenvalue weighted by atomic mass is 19.1. The van der Waals surface area contributed by atoms with Crippen molar-refractivity contribution >= 4 is 10.9 Å². The van der Waals surface area contributed by atoms with Gasteiger partial charge in [-0.25, -0.2) is 9.37 Å². The number of para-hydroxylation sites is 1. The van der Waals surface area contributed by atoms with Crippen LogP contribution >= 0.6 is 0 Å². The number of rotatable bonds is 1. The van der Waals surface area contributed by atoms with E-state index in [-0.39, 0.29) is 5.82 Å². The first-order chi connectivity index (χ1) is 6.72. The van der Waals surface area contributed by atoms with E-state index in [4.69, 9.17) is 4.74 Å². The van der Waals surface area contributed by atoms with Gasteiger partial charge in [-0.3, -0.25) is 0 Å². The molecular weight excluding hydrogens is 181 g/mol. The monoisotopic (exact) mass is 191 g/mol. The van der Waals surface area contributed by atoms with Crippen LogP contribution in [0.2, 0.25) is 0 Å². The lowest BCUT2D eigenvalue weighted by atomic mass is 10.2. The van der Waals surface area contributed by atoms with Crippen molar-refractivity contribution in [3.05, 3.63) is 35.8 Å². The van der Waals surface area contributed by atoms with Gasteiger partial charge in [-0.15, -0.1) is 0 Å². The van der Waals surface area contributed by atoms with Crippen molar-refractivity contribution in [3.8, 4) is 5.75 Å². The van der Waals surface area contributed by atoms with E-state index in [0.717, 1.165) is 5.69 Å². The number of benzene rings is 1. The lowest BCUT2D eigenvalue weighted by molar-refractivity contribution is 0.419. The fourth-order valence-electron chi connectivity index (χ4n) is 1.47. The molecule has 0 atom stereocenters. The SMILES string of the molecule is COc1cc(C)nc2c(F)cccc12. The van der Waals surface area contributed by atoms with Crippen LogP contribution in [-0.4, -0.2) is 12.1 Å². The topological polar surface area (TPSA) is 22.1 Å². The van der Waals surface area contributed by atoms with E-state index >= 15 is 0 Å². The van der Waals surface area contributed by atoms with E-state index in [2.05, 4.69) is 4.98 Å². The molecule has 0 unspecified atom stereocenters. The van der Waals surface area contributed by atoms with Crippen LogP contribution in [0.4, 0.5) is 4.39 Å². The van der Waals surface area contributed by atoms with E-state index in [1.165, 1.54) is 6.07 Å². The molecule has 0 spiro atoms. The molecule has 0 amide bonds. The van der Waals surface area contributed by atoms with Gasteiger partial charge in [-0.1, -0.05) is 6.07 Å². The number of aromatic nitrogens is 1. The van der Waals surface area contributed by atoms with Crippen molar-refractivity contribution in [3.63, 3.8) is 0 Å². The number of methoxy groups -OCH3 is 1. The van der Waals surface area contributed by atoms with E-state index in [1.54, 1.807) is 25.3 Å². The Bertz CT molecular complexity index is 482. The molecule has 0 bridgehead atoms. The Balaban J connectivity index is 2.87. The van der Waals surface area contributed by atoms with Crippen LogP contribution in [0.3, 0.4) is 0 Å². The largest absolute Gasteiger partial charge is 0.496 e. The number of ether oxygens (including phenoxy) is 1. The Morgan fingerprint density at radius 1 is 1.36 bits per heavy atom. The highest BCUT2D eigenvalue weighted by Gasteiger charge is 2.07. The van der Waals surface area contributed by atoms with Crippen LogP contribution in [0.15, 0.2) is 24.3 Å². The second-order valence-corrected chi connectivity index (χ2v) is 3.10. The number of hydrogen-bond donors (Lipinski definition) is 0. The van der Waals surface area contributed by atoms with Gasteiger partial charge in [0.25, 0.3) is 0 Å². The quantitative estimate of drug-likeness (QED) is 0.691. The Morgan fingerprint density at radius 2 is 2.14 bits per heavy atom. The highest BCUT2D eigenvalue weighted by Crippen LogP contribution is 2.26. The summed E-state index contributed by atoms with van der Waals surface area (Å²) in [4.78, 5) is 4.13. The second kappa shape index (κ2) is 3.25. The van der Waals surface area contributed by atoms with Gasteiger partial charge in [-0.05, 0) is 19.1 Å². The van der Waals surface area contributed by atoms with Crippen LogP contribution in [0, 0.1) is 12.7 Å². The summed E-state index contributed by atoms with van der Waals surface area (Å²) in [5.74, 6) is 0.344. The van der Waals surface area contributed by atoms with Gasteiger partial charge in [0, 0.05) is 17.1 Å². The van der Waals surface area contributed by atoms with Crippen LogP contribution in [0.1, 0.15) is 5.69 Å². The Hall–Kier alpha value is -1.64. The van der Waals surface area contributed by atoms with Crippen molar-refractivity contribution in [2.75, 3.05) is 7.11 Å². The van der Waals surface area contributed by atoms with Gasteiger partial charge in [0.15, 0.2) is 0 Å². The molecule has 2 rings (SSSR count). The molecule has 0 saturated heterocycles. The van der Waals surface area contributed by atoms with Crippen molar-refractivity contribution in [2.45, 2.75) is 6.92 Å². The highest BCUT2D eigenvalue weighted by molar-refractivity contribution is 5.85. The fourth-order valence-corrected chi connectivity index (χ4v) is 1.47. The van der Waals surface area contributed by atoms with Gasteiger partial charge in [0.05, 0.1) is 7.11 Å². The summed E-state index contributed by atoms with van der Waals surface area (Å²) in [6.07, 6.45) is 0. The molecule has 0 fully saturated rings. The normalized spacial score (nSPS) is 10.5. The summed E-state index contributed by atoms with van der Waals surface area (Å²) in [6.45, 7) is 1.81. The number of fused-ring (bicyclic) bond motifs is 1. The molecule has 0 aliphatic heterocycles. The molecular formula is C11H10FNO. The molecule has 2 aromatic rings. The van der Waals surface area contributed by atoms with Crippen molar-refractivity contribution in [1.29, 1.82) is 0 Å². The van der Waals surface area contributed by atoms with E-state index in [0.29, 0.717) is 16.7 Å². The van der Waals surface area contributed by atoms with Gasteiger partial charge >= 0.3 is 0 Å². The first-order valence-corrected chi connectivity index (χ1v) is 4.32. The third-order valence-corrected chi connectivity index (χ3v) is 2.10. The molecule has 72 valence electrons. The van der Waals surface area contributed by atoms with Crippen LogP contribution in [-0.2, 0) is 0 Å². The molecule has 0 N–H and O–H groups in total. The summed E-state index contributed by atoms with van der Waals surface area (Å²) >= 11 is 0. The molecule has 2 nitrogen and oxygen atoms in total. The van der Waals surface area contributed by atoms with Crippen molar-refractivity contribution < 1.29 is 9.13 Å². The number of halogens is 1. The maximum Gasteiger partial charge on any atom is 0.149 e. The standard InChI is InChI=1S/C11H10FNO/c1-7-6-10(14-2)8-4-3-5-9(12)11(8)13-7/h3-6H,1-2H3. The molecule has 0 aliphatic rings. The zero-order chi connectivity index (χ0) is 10.1. The minimum atomic E-state index is -0.315. The maximum atomic E-state index is 13.4. The third kappa shape index (κ3) is 1.31. The number of nitrogens with zero attached hydrogens (tertiary/aromatic N) is 1. The summed E-state index contributed by atoms with van der Waals surface area (Å²) in [6, 6.07) is 6.64. The summed E-state index contributed by atoms with van der Waals surface area (Å²) in [5.41, 5.74) is 1.11. The number of pyridine rings is 1. The van der Waals surface area contributed by atoms with Crippen LogP contribution < -0.4 is 4.74 Å². The molecule has 0 saturated carbocycles. The number of aryl methyl sites for hydroxylation is 1. The smallest absolute Gasteiger partial charge is 0.149 e. The molecule has 0 aliphatic carbocycles. The van der Waals surface area contributed by atoms with E-state index in [9.17, 15) is 4.39 Å². The molecule has 0 radical (unpaired) electrons. The second-order valence-electron chi connectivity index (χ2n) is 3.10. The molecule has 1 heterocycles. The van der Waals surface area contributed by atoms with E-state index in [1.807, 2.05) is 6.92 Å². The zero-order valence-corrected chi connectivity index (χ0v) is 8.04. The van der Waals surface area contributed by atoms with Crippen molar-refractivity contribution in [1.82, 2.24) is 4.98 Å². The van der Waals surface area contributed by atoms with Gasteiger partial charge in [-0.2, -0.15) is 0 Å². The fraction of sp³-hybridized carbons (Fsp3) is 0.182. The Kier molecular flexibility index (Phi) is 2.08. The number of hydrogen-bond acceptors (Lipinski definition) is 2. The molecule has 1 aromatic heterocycles. The first-order valence-electron chi connectivity index (χ1n) is 4.32. The summed E-state index contributed by atoms with van der Waals surface area (Å²) in [5, 5.41) is 0.707. The van der Waals surface area contributed by atoms with Crippen LogP contribution in [0.5, 0.6) is 5.75 Å². The van der Waals surface area contributed by atoms with E-state index < -0.39 is 0 Å². The Morgan fingerprint density at radius 3 is 2.86 bits per heavy atom. The maximum absolute atomic E-state index is 13.4. The first kappa shape index (κ1) is 8.94. The predicted molar refractivity (Wildman–Crippen MR) is 53.0 cm³/mol. The average molecular weight is 191 g/mol. The summed E-state index contributed by atoms with van der Waals surface area (Å²) < 4.78 is 18.5. The minimum Gasteiger partial charge on any atom is -0.496 e. The zero-order valence-electron chi connectivity index (χ0n) is 8.04. The molecule has 14 heavy (non-hydrogen) atoms. The van der Waals surface area contributed by atoms with Crippen molar-refractivity contribution in [2.24, 2.45) is 0 Å². The Labute approximate surface area is 81.3 Å². The third-order valence-electron chi connectivity index (χ3n) is 2.10. The average Bonchev–Trinajstić information content (AvgIpc) is 2.18. The molecule has 3 heteroatoms. The predicted octanol–water partition coefficient (Wildman–Crippen LogP) is 2.69. The van der Waals surface area contributed by atoms with Gasteiger partial charge < -0.3 is 4.74 Å². The minimum absolute atomic E-state index is 0.315. The lowest BCUT2D eigenvalue weighted by Gasteiger charge is -2.06. The van der Waals surface area contributed by atoms with Gasteiger partial charge in [0.1, 0.15) is 17.1 Å². The lowest BCUT2D eigenvalue weighted by Crippen LogP contribution is -1.92. The molecule has 1 aromatic carbocycles. The van der Waals surface area contributed by atoms with Crippen LogP contribution in [0.25, 0.3) is 10.9 Å².